The van der Waals surface area contributed by atoms with Gasteiger partial charge in [-0.3, -0.25) is 4.79 Å². The molecule has 1 aromatic carbocycles. The van der Waals surface area contributed by atoms with Crippen molar-refractivity contribution < 1.29 is 9.53 Å². The minimum Gasteiger partial charge on any atom is -0.495 e. The van der Waals surface area contributed by atoms with Crippen molar-refractivity contribution in [2.75, 3.05) is 39.5 Å². The van der Waals surface area contributed by atoms with Crippen molar-refractivity contribution >= 4 is 11.6 Å². The number of anilines is 1. The summed E-state index contributed by atoms with van der Waals surface area (Å²) in [4.78, 5) is 16.6. The van der Waals surface area contributed by atoms with Crippen LogP contribution in [0.25, 0.3) is 0 Å². The lowest BCUT2D eigenvalue weighted by atomic mass is 10.1. The van der Waals surface area contributed by atoms with Crippen molar-refractivity contribution in [1.82, 2.24) is 9.80 Å². The predicted molar refractivity (Wildman–Crippen MR) is 75.4 cm³/mol. The molecule has 0 aromatic heterocycles. The van der Waals surface area contributed by atoms with Crippen LogP contribution in [0.15, 0.2) is 18.2 Å². The molecule has 19 heavy (non-hydrogen) atoms. The van der Waals surface area contributed by atoms with Crippen molar-refractivity contribution in [2.24, 2.45) is 0 Å². The lowest BCUT2D eigenvalue weighted by Crippen LogP contribution is -2.52. The fraction of sp³-hybridized carbons (Fsp3) is 0.500. The monoisotopic (exact) mass is 263 g/mol. The third-order valence-corrected chi connectivity index (χ3v) is 3.57. The largest absolute Gasteiger partial charge is 0.495 e. The van der Waals surface area contributed by atoms with Gasteiger partial charge < -0.3 is 20.3 Å². The van der Waals surface area contributed by atoms with Crippen LogP contribution in [-0.2, 0) is 0 Å². The summed E-state index contributed by atoms with van der Waals surface area (Å²) in [6.07, 6.45) is 0. The van der Waals surface area contributed by atoms with E-state index in [9.17, 15) is 4.79 Å². The Kier molecular flexibility index (Phi) is 3.95. The van der Waals surface area contributed by atoms with Gasteiger partial charge in [0.1, 0.15) is 5.75 Å². The number of ether oxygens (including phenoxy) is 1. The fourth-order valence-electron chi connectivity index (χ4n) is 2.45. The van der Waals surface area contributed by atoms with Gasteiger partial charge in [0.05, 0.1) is 12.8 Å². The van der Waals surface area contributed by atoms with E-state index in [-0.39, 0.29) is 11.9 Å². The number of piperazine rings is 1. The van der Waals surface area contributed by atoms with E-state index < -0.39 is 0 Å². The zero-order valence-corrected chi connectivity index (χ0v) is 11.7. The summed E-state index contributed by atoms with van der Waals surface area (Å²) in [5, 5.41) is 0. The molecule has 0 spiro atoms. The van der Waals surface area contributed by atoms with Crippen LogP contribution in [0.5, 0.6) is 5.75 Å². The number of rotatable bonds is 2. The molecule has 0 radical (unpaired) electrons. The second-order valence-corrected chi connectivity index (χ2v) is 5.07. The summed E-state index contributed by atoms with van der Waals surface area (Å²) in [7, 11) is 3.63. The number of amides is 1. The molecule has 1 aliphatic rings. The molecule has 2 rings (SSSR count). The quantitative estimate of drug-likeness (QED) is 0.810. The average Bonchev–Trinajstić information content (AvgIpc) is 2.38. The molecule has 1 aromatic rings. The smallest absolute Gasteiger partial charge is 0.254 e. The summed E-state index contributed by atoms with van der Waals surface area (Å²) in [6, 6.07) is 5.40. The van der Waals surface area contributed by atoms with Crippen molar-refractivity contribution in [3.63, 3.8) is 0 Å². The molecule has 1 amide bonds. The number of benzene rings is 1. The first-order valence-electron chi connectivity index (χ1n) is 6.46. The van der Waals surface area contributed by atoms with E-state index in [1.165, 1.54) is 0 Å². The Hall–Kier alpha value is -1.75. The molecule has 5 nitrogen and oxygen atoms in total. The third kappa shape index (κ3) is 2.81. The summed E-state index contributed by atoms with van der Waals surface area (Å²) >= 11 is 0. The Balaban J connectivity index is 2.19. The van der Waals surface area contributed by atoms with E-state index in [1.54, 1.807) is 25.3 Å². The summed E-state index contributed by atoms with van der Waals surface area (Å²) in [5.41, 5.74) is 6.94. The first-order valence-corrected chi connectivity index (χ1v) is 6.46. The molecule has 1 atom stereocenters. The van der Waals surface area contributed by atoms with Gasteiger partial charge in [0.15, 0.2) is 0 Å². The van der Waals surface area contributed by atoms with E-state index in [0.29, 0.717) is 17.0 Å². The minimum atomic E-state index is 0.0406. The molecule has 5 heteroatoms. The number of methoxy groups -OCH3 is 1. The van der Waals surface area contributed by atoms with Crippen molar-refractivity contribution in [1.29, 1.82) is 0 Å². The van der Waals surface area contributed by atoms with Crippen LogP contribution in [0.1, 0.15) is 17.3 Å². The van der Waals surface area contributed by atoms with E-state index in [0.717, 1.165) is 19.6 Å². The highest BCUT2D eigenvalue weighted by Crippen LogP contribution is 2.23. The van der Waals surface area contributed by atoms with E-state index in [2.05, 4.69) is 18.9 Å². The Bertz CT molecular complexity index is 476. The summed E-state index contributed by atoms with van der Waals surface area (Å²) in [5.74, 6) is 0.589. The zero-order chi connectivity index (χ0) is 14.0. The second-order valence-electron chi connectivity index (χ2n) is 5.07. The number of nitrogens with two attached hydrogens (primary N) is 1. The molecule has 0 aliphatic carbocycles. The van der Waals surface area contributed by atoms with E-state index in [1.807, 2.05) is 4.90 Å². The Morgan fingerprint density at radius 2 is 2.16 bits per heavy atom. The molecule has 104 valence electrons. The normalized spacial score (nSPS) is 20.4. The molecule has 0 bridgehead atoms. The van der Waals surface area contributed by atoms with Crippen molar-refractivity contribution in [2.45, 2.75) is 13.0 Å². The Labute approximate surface area is 113 Å². The number of carbonyl (C=O) groups excluding carboxylic acids is 1. The van der Waals surface area contributed by atoms with E-state index in [4.69, 9.17) is 10.5 Å². The topological polar surface area (TPSA) is 58.8 Å². The van der Waals surface area contributed by atoms with Gasteiger partial charge in [-0.05, 0) is 32.2 Å². The minimum absolute atomic E-state index is 0.0406. The maximum atomic E-state index is 12.5. The van der Waals surface area contributed by atoms with Gasteiger partial charge in [0.25, 0.3) is 5.91 Å². The van der Waals surface area contributed by atoms with Gasteiger partial charge in [-0.25, -0.2) is 0 Å². The molecule has 1 heterocycles. The summed E-state index contributed by atoms with van der Waals surface area (Å²) in [6.45, 7) is 4.63. The number of carbonyl (C=O) groups is 1. The van der Waals surface area contributed by atoms with Crippen molar-refractivity contribution in [3.05, 3.63) is 23.8 Å². The van der Waals surface area contributed by atoms with E-state index >= 15 is 0 Å². The third-order valence-electron chi connectivity index (χ3n) is 3.57. The molecular formula is C14H21N3O2. The molecule has 1 fully saturated rings. The molecule has 1 saturated heterocycles. The van der Waals surface area contributed by atoms with Gasteiger partial charge in [-0.1, -0.05) is 0 Å². The van der Waals surface area contributed by atoms with Gasteiger partial charge in [-0.2, -0.15) is 0 Å². The van der Waals surface area contributed by atoms with Crippen LogP contribution in [0.4, 0.5) is 5.69 Å². The van der Waals surface area contributed by atoms with Crippen LogP contribution < -0.4 is 10.5 Å². The highest BCUT2D eigenvalue weighted by Gasteiger charge is 2.26. The van der Waals surface area contributed by atoms with Gasteiger partial charge in [0.2, 0.25) is 0 Å². The maximum absolute atomic E-state index is 12.5. The molecular weight excluding hydrogens is 242 g/mol. The Morgan fingerprint density at radius 1 is 1.42 bits per heavy atom. The Morgan fingerprint density at radius 3 is 2.79 bits per heavy atom. The first kappa shape index (κ1) is 13.7. The standard InChI is InChI=1S/C14H21N3O2/c1-10-9-16(2)6-7-17(10)14(18)11-4-5-12(15)13(8-11)19-3/h4-5,8,10H,6-7,9,15H2,1-3H3/t10-/m1/s1. The van der Waals surface area contributed by atoms with Gasteiger partial charge in [0, 0.05) is 31.2 Å². The number of hydrogen-bond donors (Lipinski definition) is 1. The number of nitrogen functional groups attached to an aromatic ring is 1. The molecule has 1 aliphatic heterocycles. The van der Waals surface area contributed by atoms with Crippen LogP contribution in [0.2, 0.25) is 0 Å². The number of likely N-dealkylation sites (N-methyl/N-ethyl adjacent to an activating group) is 1. The molecule has 0 saturated carbocycles. The van der Waals surface area contributed by atoms with Crippen LogP contribution in [0.3, 0.4) is 0 Å². The highest BCUT2D eigenvalue weighted by atomic mass is 16.5. The van der Waals surface area contributed by atoms with Crippen LogP contribution in [0, 0.1) is 0 Å². The molecule has 2 N–H and O–H groups in total. The fourth-order valence-corrected chi connectivity index (χ4v) is 2.45. The van der Waals surface area contributed by atoms with Gasteiger partial charge in [-0.15, -0.1) is 0 Å². The average molecular weight is 263 g/mol. The molecule has 0 unspecified atom stereocenters. The lowest BCUT2D eigenvalue weighted by molar-refractivity contribution is 0.0533. The SMILES string of the molecule is COc1cc(C(=O)N2CCN(C)C[C@H]2C)ccc1N. The summed E-state index contributed by atoms with van der Waals surface area (Å²) < 4.78 is 5.16. The number of hydrogen-bond acceptors (Lipinski definition) is 4. The van der Waals surface area contributed by atoms with Crippen LogP contribution in [-0.4, -0.2) is 55.5 Å². The number of nitrogens with zero attached hydrogens (tertiary/aromatic N) is 2. The zero-order valence-electron chi connectivity index (χ0n) is 11.7. The van der Waals surface area contributed by atoms with Crippen LogP contribution >= 0.6 is 0 Å². The maximum Gasteiger partial charge on any atom is 0.254 e. The lowest BCUT2D eigenvalue weighted by Gasteiger charge is -2.38. The van der Waals surface area contributed by atoms with Gasteiger partial charge >= 0.3 is 0 Å². The first-order chi connectivity index (χ1) is 9.02. The second kappa shape index (κ2) is 5.48. The predicted octanol–water partition coefficient (Wildman–Crippen LogP) is 1.05. The highest BCUT2D eigenvalue weighted by molar-refractivity contribution is 5.95. The van der Waals surface area contributed by atoms with Crippen molar-refractivity contribution in [3.8, 4) is 5.75 Å².